The highest BCUT2D eigenvalue weighted by atomic mass is 19.1. The summed E-state index contributed by atoms with van der Waals surface area (Å²) in [4.78, 5) is 12.2. The third-order valence-electron chi connectivity index (χ3n) is 4.50. The molecule has 0 aliphatic rings. The zero-order valence-electron chi connectivity index (χ0n) is 18.0. The number of nitrogens with one attached hydrogen (secondary N) is 1. The quantitative estimate of drug-likeness (QED) is 0.420. The van der Waals surface area contributed by atoms with E-state index >= 15 is 0 Å². The summed E-state index contributed by atoms with van der Waals surface area (Å²) >= 11 is 0. The van der Waals surface area contributed by atoms with Crippen LogP contribution < -0.4 is 15.8 Å². The van der Waals surface area contributed by atoms with Crippen LogP contribution in [0.2, 0.25) is 0 Å². The Bertz CT molecular complexity index is 1360. The number of benzene rings is 2. The Morgan fingerprint density at radius 1 is 1.09 bits per heavy atom. The van der Waals surface area contributed by atoms with Gasteiger partial charge >= 0.3 is 6.09 Å². The Balaban J connectivity index is 1.82. The van der Waals surface area contributed by atoms with E-state index in [0.717, 1.165) is 12.1 Å². The number of aromatic nitrogens is 4. The standard InChI is InChI=1S/C22H20F2N6O3/c1-11(2)32-22(31)26-18-10-17(29-30-12(3)27-28-21(18)30)15-9-14(25)5-7-19(15)33-20-6-4-13(23)8-16(20)24/h4-11H,25H2,1-3H3,(H,26,31). The minimum absolute atomic E-state index is 0.178. The van der Waals surface area contributed by atoms with Gasteiger partial charge in [-0.05, 0) is 57.2 Å². The molecule has 2 aromatic heterocycles. The molecule has 0 aliphatic carbocycles. The van der Waals surface area contributed by atoms with Gasteiger partial charge in [0.25, 0.3) is 0 Å². The number of nitrogens with two attached hydrogens (primary N) is 1. The van der Waals surface area contributed by atoms with Crippen LogP contribution in [0.4, 0.5) is 25.0 Å². The van der Waals surface area contributed by atoms with Crippen LogP contribution in [-0.2, 0) is 4.74 Å². The Labute approximate surface area is 187 Å². The van der Waals surface area contributed by atoms with Crippen molar-refractivity contribution in [2.75, 3.05) is 11.1 Å². The second kappa shape index (κ2) is 8.69. The van der Waals surface area contributed by atoms with Gasteiger partial charge in [-0.2, -0.15) is 9.61 Å². The molecular weight excluding hydrogens is 434 g/mol. The van der Waals surface area contributed by atoms with Gasteiger partial charge in [0, 0.05) is 17.3 Å². The topological polar surface area (TPSA) is 117 Å². The van der Waals surface area contributed by atoms with E-state index in [9.17, 15) is 13.6 Å². The van der Waals surface area contributed by atoms with Gasteiger partial charge in [-0.3, -0.25) is 5.32 Å². The van der Waals surface area contributed by atoms with Crippen molar-refractivity contribution in [1.82, 2.24) is 19.8 Å². The van der Waals surface area contributed by atoms with Crippen molar-refractivity contribution in [3.63, 3.8) is 0 Å². The normalized spacial score (nSPS) is 11.1. The van der Waals surface area contributed by atoms with Crippen LogP contribution >= 0.6 is 0 Å². The number of hydrogen-bond donors (Lipinski definition) is 2. The predicted octanol–water partition coefficient (Wildman–Crippen LogP) is 4.71. The fraction of sp³-hybridized carbons (Fsp3) is 0.182. The zero-order chi connectivity index (χ0) is 23.7. The largest absolute Gasteiger partial charge is 0.454 e. The number of hydrogen-bond acceptors (Lipinski definition) is 7. The number of fused-ring (bicyclic) bond motifs is 1. The van der Waals surface area contributed by atoms with E-state index in [1.54, 1.807) is 45.0 Å². The van der Waals surface area contributed by atoms with Crippen molar-refractivity contribution in [2.45, 2.75) is 26.9 Å². The van der Waals surface area contributed by atoms with Gasteiger partial charge in [0.05, 0.1) is 17.5 Å². The summed E-state index contributed by atoms with van der Waals surface area (Å²) in [5, 5.41) is 15.2. The molecule has 2 aromatic carbocycles. The van der Waals surface area contributed by atoms with Crippen LogP contribution in [0.1, 0.15) is 19.7 Å². The van der Waals surface area contributed by atoms with E-state index in [2.05, 4.69) is 20.6 Å². The summed E-state index contributed by atoms with van der Waals surface area (Å²) in [7, 11) is 0. The molecule has 9 nitrogen and oxygen atoms in total. The molecule has 0 aliphatic heterocycles. The number of rotatable bonds is 5. The first-order chi connectivity index (χ1) is 15.7. The number of nitrogens with zero attached hydrogens (tertiary/aromatic N) is 4. The molecule has 0 saturated heterocycles. The van der Waals surface area contributed by atoms with E-state index in [0.29, 0.717) is 28.4 Å². The average molecular weight is 454 g/mol. The molecule has 1 amide bonds. The van der Waals surface area contributed by atoms with Crippen molar-refractivity contribution >= 4 is 23.1 Å². The smallest absolute Gasteiger partial charge is 0.411 e. The third kappa shape index (κ3) is 4.66. The van der Waals surface area contributed by atoms with E-state index in [1.165, 1.54) is 10.6 Å². The number of carbonyl (C=O) groups excluding carboxylic acids is 1. The number of nitrogen functional groups attached to an aromatic ring is 1. The van der Waals surface area contributed by atoms with Gasteiger partial charge in [0.15, 0.2) is 17.4 Å². The lowest BCUT2D eigenvalue weighted by Crippen LogP contribution is -2.19. The van der Waals surface area contributed by atoms with Crippen molar-refractivity contribution in [3.8, 4) is 22.8 Å². The molecule has 2 heterocycles. The van der Waals surface area contributed by atoms with Crippen LogP contribution in [0.25, 0.3) is 16.9 Å². The molecule has 0 atom stereocenters. The maximum atomic E-state index is 14.2. The molecule has 170 valence electrons. The molecule has 0 radical (unpaired) electrons. The van der Waals surface area contributed by atoms with Gasteiger partial charge in [-0.15, -0.1) is 10.2 Å². The third-order valence-corrected chi connectivity index (χ3v) is 4.50. The molecule has 3 N–H and O–H groups in total. The van der Waals surface area contributed by atoms with Gasteiger partial charge < -0.3 is 15.2 Å². The number of amides is 1. The van der Waals surface area contributed by atoms with Crippen molar-refractivity contribution < 1.29 is 23.0 Å². The first-order valence-electron chi connectivity index (χ1n) is 9.94. The van der Waals surface area contributed by atoms with E-state index in [-0.39, 0.29) is 23.3 Å². The Kier molecular flexibility index (Phi) is 5.78. The van der Waals surface area contributed by atoms with Gasteiger partial charge in [-0.1, -0.05) is 0 Å². The molecule has 0 spiro atoms. The molecule has 4 rings (SSSR count). The van der Waals surface area contributed by atoms with Crippen LogP contribution in [0.15, 0.2) is 42.5 Å². The summed E-state index contributed by atoms with van der Waals surface area (Å²) in [6.07, 6.45) is -1.01. The van der Waals surface area contributed by atoms with E-state index in [4.69, 9.17) is 15.2 Å². The van der Waals surface area contributed by atoms with Crippen molar-refractivity contribution in [1.29, 1.82) is 0 Å². The predicted molar refractivity (Wildman–Crippen MR) is 117 cm³/mol. The lowest BCUT2D eigenvalue weighted by molar-refractivity contribution is 0.130. The zero-order valence-corrected chi connectivity index (χ0v) is 18.0. The highest BCUT2D eigenvalue weighted by Crippen LogP contribution is 2.36. The molecule has 4 aromatic rings. The summed E-state index contributed by atoms with van der Waals surface area (Å²) in [5.41, 5.74) is 7.68. The molecule has 0 unspecified atom stereocenters. The lowest BCUT2D eigenvalue weighted by atomic mass is 10.1. The fourth-order valence-corrected chi connectivity index (χ4v) is 3.07. The first-order valence-corrected chi connectivity index (χ1v) is 9.94. The minimum Gasteiger partial charge on any atom is -0.454 e. The second-order valence-electron chi connectivity index (χ2n) is 7.44. The molecule has 0 bridgehead atoms. The van der Waals surface area contributed by atoms with Crippen LogP contribution in [0.3, 0.4) is 0 Å². The molecule has 0 saturated carbocycles. The van der Waals surface area contributed by atoms with Crippen LogP contribution in [0.5, 0.6) is 11.5 Å². The molecular formula is C22H20F2N6O3. The highest BCUT2D eigenvalue weighted by molar-refractivity contribution is 5.91. The summed E-state index contributed by atoms with van der Waals surface area (Å²) in [6, 6.07) is 9.23. The summed E-state index contributed by atoms with van der Waals surface area (Å²) in [5.74, 6) is -1.10. The van der Waals surface area contributed by atoms with E-state index in [1.807, 2.05) is 0 Å². The number of carbonyl (C=O) groups is 1. The van der Waals surface area contributed by atoms with Crippen LogP contribution in [0, 0.1) is 18.6 Å². The monoisotopic (exact) mass is 454 g/mol. The van der Waals surface area contributed by atoms with Crippen LogP contribution in [-0.4, -0.2) is 32.0 Å². The first kappa shape index (κ1) is 21.9. The maximum absolute atomic E-state index is 14.2. The lowest BCUT2D eigenvalue weighted by Gasteiger charge is -2.14. The SMILES string of the molecule is Cc1nnc2c(NC(=O)OC(C)C)cc(-c3cc(N)ccc3Oc3ccc(F)cc3F)nn12. The number of halogens is 2. The summed E-state index contributed by atoms with van der Waals surface area (Å²) in [6.45, 7) is 5.14. The number of ether oxygens (including phenoxy) is 2. The second-order valence-corrected chi connectivity index (χ2v) is 7.44. The van der Waals surface area contributed by atoms with Crippen molar-refractivity contribution in [2.24, 2.45) is 0 Å². The highest BCUT2D eigenvalue weighted by Gasteiger charge is 2.19. The Morgan fingerprint density at radius 3 is 2.58 bits per heavy atom. The Hall–Kier alpha value is -4.28. The molecule has 11 heteroatoms. The average Bonchev–Trinajstić information content (AvgIpc) is 3.11. The van der Waals surface area contributed by atoms with Crippen molar-refractivity contribution in [3.05, 3.63) is 59.9 Å². The maximum Gasteiger partial charge on any atom is 0.411 e. The Morgan fingerprint density at radius 2 is 1.85 bits per heavy atom. The van der Waals surface area contributed by atoms with Gasteiger partial charge in [0.2, 0.25) is 5.65 Å². The van der Waals surface area contributed by atoms with Gasteiger partial charge in [0.1, 0.15) is 11.6 Å². The number of anilines is 2. The van der Waals surface area contributed by atoms with Gasteiger partial charge in [-0.25, -0.2) is 13.6 Å². The fourth-order valence-electron chi connectivity index (χ4n) is 3.07. The molecule has 0 fully saturated rings. The van der Waals surface area contributed by atoms with E-state index < -0.39 is 17.7 Å². The molecule has 33 heavy (non-hydrogen) atoms. The minimum atomic E-state index is -0.866. The number of aryl methyl sites for hydroxylation is 1. The summed E-state index contributed by atoms with van der Waals surface area (Å²) < 4.78 is 39.8.